The molecule has 2 aromatic carbocycles. The van der Waals surface area contributed by atoms with Crippen molar-refractivity contribution in [2.75, 3.05) is 33.3 Å². The quantitative estimate of drug-likeness (QED) is 0.228. The van der Waals surface area contributed by atoms with Crippen LogP contribution >= 0.6 is 36.4 Å². The van der Waals surface area contributed by atoms with Crippen molar-refractivity contribution in [2.45, 2.75) is 59.1 Å². The van der Waals surface area contributed by atoms with Crippen LogP contribution in [0.2, 0.25) is 5.02 Å². The van der Waals surface area contributed by atoms with E-state index >= 15 is 0 Å². The van der Waals surface area contributed by atoms with Gasteiger partial charge >= 0.3 is 0 Å². The maximum Gasteiger partial charge on any atom is 0.180 e. The Morgan fingerprint density at radius 3 is 2.24 bits per heavy atom. The first-order valence-electron chi connectivity index (χ1n) is 11.7. The van der Waals surface area contributed by atoms with E-state index in [-0.39, 0.29) is 37.2 Å². The van der Waals surface area contributed by atoms with E-state index in [2.05, 4.69) is 24.1 Å². The number of ether oxygens (including phenoxy) is 2. The average molecular weight is 538 g/mol. The second kappa shape index (κ2) is 19.0. The number of nitrogens with zero attached hydrogens (tertiary/aromatic N) is 1. The summed E-state index contributed by atoms with van der Waals surface area (Å²) >= 11 is 6.46. The van der Waals surface area contributed by atoms with Gasteiger partial charge in [-0.15, -0.1) is 24.8 Å². The average Bonchev–Trinajstić information content (AvgIpc) is 2.80. The van der Waals surface area contributed by atoms with Crippen LogP contribution in [0.25, 0.3) is 0 Å². The normalized spacial score (nSPS) is 10.5. The third-order valence-electron chi connectivity index (χ3n) is 5.43. The molecule has 0 aliphatic carbocycles. The summed E-state index contributed by atoms with van der Waals surface area (Å²) in [4.78, 5) is 2.58. The maximum absolute atomic E-state index is 13.9. The molecule has 34 heavy (non-hydrogen) atoms. The third-order valence-corrected chi connectivity index (χ3v) is 5.71. The zero-order chi connectivity index (χ0) is 23.2. The van der Waals surface area contributed by atoms with Crippen LogP contribution in [-0.2, 0) is 13.2 Å². The number of benzene rings is 2. The SMILES string of the molecule is CCCCN(CCCC)CCCNCc1cc(Cl)c(OCc2ccccc2F)c(OC)c1.Cl.Cl. The highest BCUT2D eigenvalue weighted by atomic mass is 35.5. The van der Waals surface area contributed by atoms with Gasteiger partial charge in [-0.3, -0.25) is 0 Å². The van der Waals surface area contributed by atoms with Crippen LogP contribution in [0.15, 0.2) is 36.4 Å². The molecular weight excluding hydrogens is 498 g/mol. The van der Waals surface area contributed by atoms with E-state index in [1.807, 2.05) is 12.1 Å². The second-order valence-corrected chi connectivity index (χ2v) is 8.48. The standard InChI is InChI=1S/C26H38ClFN2O2.2ClH/c1-4-6-14-30(15-7-5-2)16-10-13-29-19-21-17-23(27)26(25(18-21)31-3)32-20-22-11-8-9-12-24(22)28;;/h8-9,11-12,17-18,29H,4-7,10,13-16,19-20H2,1-3H3;2*1H. The van der Waals surface area contributed by atoms with Crippen molar-refractivity contribution >= 4 is 36.4 Å². The Hall–Kier alpha value is -1.24. The predicted octanol–water partition coefficient (Wildman–Crippen LogP) is 7.29. The molecule has 2 rings (SSSR count). The lowest BCUT2D eigenvalue weighted by Crippen LogP contribution is -2.29. The van der Waals surface area contributed by atoms with Crippen molar-refractivity contribution in [2.24, 2.45) is 0 Å². The van der Waals surface area contributed by atoms with Gasteiger partial charge in [0.05, 0.1) is 12.1 Å². The number of unbranched alkanes of at least 4 members (excludes halogenated alkanes) is 2. The molecule has 1 N–H and O–H groups in total. The Morgan fingerprint density at radius 1 is 0.971 bits per heavy atom. The number of hydrogen-bond acceptors (Lipinski definition) is 4. The van der Waals surface area contributed by atoms with Crippen molar-refractivity contribution in [3.63, 3.8) is 0 Å². The minimum atomic E-state index is -0.300. The number of methoxy groups -OCH3 is 1. The van der Waals surface area contributed by atoms with Gasteiger partial charge in [0, 0.05) is 12.1 Å². The van der Waals surface area contributed by atoms with Crippen LogP contribution < -0.4 is 14.8 Å². The van der Waals surface area contributed by atoms with Gasteiger partial charge in [0.25, 0.3) is 0 Å². The molecule has 0 aliphatic heterocycles. The molecule has 0 aliphatic rings. The van der Waals surface area contributed by atoms with Gasteiger partial charge < -0.3 is 19.7 Å². The van der Waals surface area contributed by atoms with Gasteiger partial charge in [0.2, 0.25) is 0 Å². The van der Waals surface area contributed by atoms with Gasteiger partial charge in [-0.2, -0.15) is 0 Å². The monoisotopic (exact) mass is 536 g/mol. The molecule has 0 unspecified atom stereocenters. The lowest BCUT2D eigenvalue weighted by atomic mass is 10.2. The summed E-state index contributed by atoms with van der Waals surface area (Å²) in [5.74, 6) is 0.686. The van der Waals surface area contributed by atoms with Crippen molar-refractivity contribution in [3.05, 3.63) is 58.4 Å². The van der Waals surface area contributed by atoms with Crippen molar-refractivity contribution in [3.8, 4) is 11.5 Å². The van der Waals surface area contributed by atoms with Crippen LogP contribution in [0.3, 0.4) is 0 Å². The van der Waals surface area contributed by atoms with E-state index in [4.69, 9.17) is 21.1 Å². The Balaban J connectivity index is 0.00000544. The number of halogens is 4. The maximum atomic E-state index is 13.9. The smallest absolute Gasteiger partial charge is 0.180 e. The van der Waals surface area contributed by atoms with Crippen molar-refractivity contribution < 1.29 is 13.9 Å². The van der Waals surface area contributed by atoms with Gasteiger partial charge in [-0.25, -0.2) is 4.39 Å². The lowest BCUT2D eigenvalue weighted by molar-refractivity contribution is 0.261. The van der Waals surface area contributed by atoms with E-state index < -0.39 is 0 Å². The zero-order valence-corrected chi connectivity index (χ0v) is 23.0. The molecule has 0 amide bonds. The highest BCUT2D eigenvalue weighted by Crippen LogP contribution is 2.37. The van der Waals surface area contributed by atoms with Crippen LogP contribution in [0.4, 0.5) is 4.39 Å². The Bertz CT molecular complexity index is 804. The Labute approximate surface area is 222 Å². The molecule has 2 aromatic rings. The van der Waals surface area contributed by atoms with E-state index in [1.54, 1.807) is 25.3 Å². The van der Waals surface area contributed by atoms with Crippen LogP contribution in [0.1, 0.15) is 57.1 Å². The molecule has 0 saturated heterocycles. The largest absolute Gasteiger partial charge is 0.493 e. The molecule has 0 atom stereocenters. The van der Waals surface area contributed by atoms with E-state index in [0.29, 0.717) is 28.6 Å². The summed E-state index contributed by atoms with van der Waals surface area (Å²) in [6.07, 6.45) is 6.12. The molecule has 0 heterocycles. The second-order valence-electron chi connectivity index (χ2n) is 8.07. The summed E-state index contributed by atoms with van der Waals surface area (Å²) in [6, 6.07) is 10.3. The summed E-state index contributed by atoms with van der Waals surface area (Å²) < 4.78 is 25.1. The molecule has 0 bridgehead atoms. The number of hydrogen-bond donors (Lipinski definition) is 1. The van der Waals surface area contributed by atoms with Crippen molar-refractivity contribution in [1.29, 1.82) is 0 Å². The molecule has 0 radical (unpaired) electrons. The summed E-state index contributed by atoms with van der Waals surface area (Å²) in [6.45, 7) is 9.74. The first-order chi connectivity index (χ1) is 15.6. The van der Waals surface area contributed by atoms with Gasteiger partial charge in [0.15, 0.2) is 11.5 Å². The topological polar surface area (TPSA) is 33.7 Å². The van der Waals surface area contributed by atoms with Crippen LogP contribution in [-0.4, -0.2) is 38.2 Å². The predicted molar refractivity (Wildman–Crippen MR) is 146 cm³/mol. The minimum Gasteiger partial charge on any atom is -0.493 e. The van der Waals surface area contributed by atoms with Crippen LogP contribution in [0, 0.1) is 5.82 Å². The van der Waals surface area contributed by atoms with E-state index in [9.17, 15) is 4.39 Å². The highest BCUT2D eigenvalue weighted by Gasteiger charge is 2.13. The molecule has 4 nitrogen and oxygen atoms in total. The number of rotatable bonds is 16. The fraction of sp³-hybridized carbons (Fsp3) is 0.538. The van der Waals surface area contributed by atoms with Gasteiger partial charge in [-0.05, 0) is 69.2 Å². The molecule has 8 heteroatoms. The highest BCUT2D eigenvalue weighted by molar-refractivity contribution is 6.32. The molecular formula is C26H40Cl3FN2O2. The molecule has 194 valence electrons. The summed E-state index contributed by atoms with van der Waals surface area (Å²) in [7, 11) is 1.58. The van der Waals surface area contributed by atoms with Gasteiger partial charge in [-0.1, -0.05) is 56.5 Å². The molecule has 0 fully saturated rings. The molecule has 0 aromatic heterocycles. The third kappa shape index (κ3) is 11.5. The van der Waals surface area contributed by atoms with E-state index in [0.717, 1.165) is 25.1 Å². The number of nitrogens with one attached hydrogen (secondary N) is 1. The van der Waals surface area contributed by atoms with E-state index in [1.165, 1.54) is 44.8 Å². The molecule has 0 saturated carbocycles. The van der Waals surface area contributed by atoms with Crippen molar-refractivity contribution in [1.82, 2.24) is 10.2 Å². The summed E-state index contributed by atoms with van der Waals surface area (Å²) in [5, 5.41) is 3.96. The Kier molecular flexibility index (Phi) is 18.3. The fourth-order valence-corrected chi connectivity index (χ4v) is 3.83. The zero-order valence-electron chi connectivity index (χ0n) is 20.6. The van der Waals surface area contributed by atoms with Crippen LogP contribution in [0.5, 0.6) is 11.5 Å². The fourth-order valence-electron chi connectivity index (χ4n) is 3.54. The molecule has 0 spiro atoms. The van der Waals surface area contributed by atoms with Gasteiger partial charge in [0.1, 0.15) is 12.4 Å². The Morgan fingerprint density at radius 2 is 1.62 bits per heavy atom. The minimum absolute atomic E-state index is 0. The first-order valence-corrected chi connectivity index (χ1v) is 12.1. The summed E-state index contributed by atoms with van der Waals surface area (Å²) in [5.41, 5.74) is 1.50. The first kappa shape index (κ1) is 32.8. The lowest BCUT2D eigenvalue weighted by Gasteiger charge is -2.22.